The Morgan fingerprint density at radius 3 is 2.26 bits per heavy atom. The molecule has 1 aromatic heterocycles. The highest BCUT2D eigenvalue weighted by molar-refractivity contribution is 7.89. The van der Waals surface area contributed by atoms with Gasteiger partial charge in [-0.25, -0.2) is 13.2 Å². The molecule has 10 nitrogen and oxygen atoms in total. The van der Waals surface area contributed by atoms with Crippen LogP contribution in [0, 0.1) is 0 Å². The minimum Gasteiger partial charge on any atom is -0.384 e. The lowest BCUT2D eigenvalue weighted by molar-refractivity contribution is 0.100. The number of aromatic nitrogens is 2. The maximum atomic E-state index is 13.0. The van der Waals surface area contributed by atoms with Crippen LogP contribution in [0.15, 0.2) is 69.1 Å². The predicted octanol–water partition coefficient (Wildman–Crippen LogP) is 1.26. The van der Waals surface area contributed by atoms with Gasteiger partial charge in [-0.2, -0.15) is 4.31 Å². The summed E-state index contributed by atoms with van der Waals surface area (Å²) in [6.45, 7) is 0.876. The highest BCUT2D eigenvalue weighted by Gasteiger charge is 2.27. The fourth-order valence-corrected chi connectivity index (χ4v) is 5.57. The Bertz CT molecular complexity index is 1460. The molecule has 184 valence electrons. The quantitative estimate of drug-likeness (QED) is 0.447. The molecule has 0 radical (unpaired) electrons. The summed E-state index contributed by atoms with van der Waals surface area (Å²) in [6.07, 6.45) is 1.70. The summed E-state index contributed by atoms with van der Waals surface area (Å²) in [7, 11) is -2.23. The first kappa shape index (κ1) is 24.4. The van der Waals surface area contributed by atoms with Crippen molar-refractivity contribution in [2.75, 3.05) is 30.7 Å². The fraction of sp³-hybridized carbons (Fsp3) is 0.292. The van der Waals surface area contributed by atoms with Crippen LogP contribution in [0.5, 0.6) is 0 Å². The van der Waals surface area contributed by atoms with Crippen molar-refractivity contribution in [2.24, 2.45) is 7.05 Å². The van der Waals surface area contributed by atoms with Crippen molar-refractivity contribution in [3.8, 4) is 0 Å². The molecule has 0 aliphatic carbocycles. The second-order valence-electron chi connectivity index (χ2n) is 8.39. The Hall–Kier alpha value is -3.70. The summed E-state index contributed by atoms with van der Waals surface area (Å²) in [4.78, 5) is 38.5. The molecular formula is C24H27N5O5S. The van der Waals surface area contributed by atoms with Crippen molar-refractivity contribution < 1.29 is 13.2 Å². The second-order valence-corrected chi connectivity index (χ2v) is 10.3. The molecule has 11 heteroatoms. The van der Waals surface area contributed by atoms with Crippen LogP contribution in [0.4, 0.5) is 11.5 Å². The number of Topliss-reactive ketones (excluding diaryl/α,β-unsaturated/α-hetero) is 1. The van der Waals surface area contributed by atoms with Crippen molar-refractivity contribution in [1.82, 2.24) is 13.4 Å². The molecular weight excluding hydrogens is 470 g/mol. The molecule has 0 bridgehead atoms. The maximum absolute atomic E-state index is 13.0. The van der Waals surface area contributed by atoms with E-state index in [1.54, 1.807) is 12.1 Å². The maximum Gasteiger partial charge on any atom is 0.332 e. The van der Waals surface area contributed by atoms with E-state index in [0.717, 1.165) is 23.0 Å². The van der Waals surface area contributed by atoms with Crippen molar-refractivity contribution in [1.29, 1.82) is 0 Å². The molecule has 3 N–H and O–H groups in total. The number of hydrogen-bond donors (Lipinski definition) is 2. The van der Waals surface area contributed by atoms with Crippen molar-refractivity contribution in [3.63, 3.8) is 0 Å². The fourth-order valence-electron chi connectivity index (χ4n) is 4.06. The molecule has 0 unspecified atom stereocenters. The van der Waals surface area contributed by atoms with E-state index in [4.69, 9.17) is 5.73 Å². The van der Waals surface area contributed by atoms with E-state index >= 15 is 0 Å². The van der Waals surface area contributed by atoms with E-state index < -0.39 is 27.1 Å². The van der Waals surface area contributed by atoms with E-state index in [2.05, 4.69) is 5.32 Å². The molecule has 1 aliphatic heterocycles. The molecule has 1 aliphatic rings. The molecule has 0 amide bonds. The SMILES string of the molecule is Cn1c(=O)c(C(=O)CNc2ccc(S(=O)(=O)N3CCCC3)cc2)c(N)n(Cc2ccccc2)c1=O. The number of nitrogens with two attached hydrogens (primary N) is 1. The summed E-state index contributed by atoms with van der Waals surface area (Å²) < 4.78 is 28.9. The molecule has 0 saturated carbocycles. The number of anilines is 2. The van der Waals surface area contributed by atoms with Gasteiger partial charge in [0.25, 0.3) is 5.56 Å². The van der Waals surface area contributed by atoms with Crippen LogP contribution < -0.4 is 22.3 Å². The van der Waals surface area contributed by atoms with E-state index in [1.807, 2.05) is 30.3 Å². The summed E-state index contributed by atoms with van der Waals surface area (Å²) in [5.74, 6) is -0.778. The van der Waals surface area contributed by atoms with Gasteiger partial charge in [0, 0.05) is 25.8 Å². The lowest BCUT2D eigenvalue weighted by Crippen LogP contribution is -2.43. The summed E-state index contributed by atoms with van der Waals surface area (Å²) >= 11 is 0. The van der Waals surface area contributed by atoms with Gasteiger partial charge in [0.15, 0.2) is 5.78 Å². The first-order valence-electron chi connectivity index (χ1n) is 11.2. The molecule has 3 aromatic rings. The molecule has 4 rings (SSSR count). The van der Waals surface area contributed by atoms with Crippen molar-refractivity contribution in [3.05, 3.63) is 86.6 Å². The predicted molar refractivity (Wildman–Crippen MR) is 133 cm³/mol. The lowest BCUT2D eigenvalue weighted by Gasteiger charge is -2.16. The monoisotopic (exact) mass is 497 g/mol. The van der Waals surface area contributed by atoms with Crippen molar-refractivity contribution >= 4 is 27.3 Å². The van der Waals surface area contributed by atoms with Crippen LogP contribution in [0.1, 0.15) is 28.8 Å². The molecule has 0 atom stereocenters. The van der Waals surface area contributed by atoms with E-state index in [0.29, 0.717) is 18.8 Å². The average molecular weight is 498 g/mol. The number of carbonyl (C=O) groups excluding carboxylic acids is 1. The van der Waals surface area contributed by atoms with E-state index in [-0.39, 0.29) is 29.4 Å². The highest BCUT2D eigenvalue weighted by atomic mass is 32.2. The van der Waals surface area contributed by atoms with E-state index in [9.17, 15) is 22.8 Å². The van der Waals surface area contributed by atoms with Crippen LogP contribution in [0.2, 0.25) is 0 Å². The Morgan fingerprint density at radius 1 is 1.00 bits per heavy atom. The average Bonchev–Trinajstić information content (AvgIpc) is 3.41. The second kappa shape index (κ2) is 9.88. The van der Waals surface area contributed by atoms with Gasteiger partial charge in [0.2, 0.25) is 10.0 Å². The third kappa shape index (κ3) is 4.91. The minimum absolute atomic E-state index is 0.111. The topological polar surface area (TPSA) is 136 Å². The Morgan fingerprint density at radius 2 is 1.63 bits per heavy atom. The molecule has 2 aromatic carbocycles. The van der Waals surface area contributed by atoms with Gasteiger partial charge in [-0.15, -0.1) is 0 Å². The van der Waals surface area contributed by atoms with Gasteiger partial charge in [-0.3, -0.25) is 18.7 Å². The number of hydrogen-bond acceptors (Lipinski definition) is 7. The van der Waals surface area contributed by atoms with Gasteiger partial charge in [0.1, 0.15) is 11.4 Å². The van der Waals surface area contributed by atoms with Gasteiger partial charge in [-0.1, -0.05) is 30.3 Å². The zero-order valence-electron chi connectivity index (χ0n) is 19.3. The third-order valence-electron chi connectivity index (χ3n) is 6.06. The molecule has 2 heterocycles. The smallest absolute Gasteiger partial charge is 0.332 e. The zero-order chi connectivity index (χ0) is 25.2. The number of nitrogens with one attached hydrogen (secondary N) is 1. The zero-order valence-corrected chi connectivity index (χ0v) is 20.1. The van der Waals surface area contributed by atoms with Crippen LogP contribution in [0.25, 0.3) is 0 Å². The summed E-state index contributed by atoms with van der Waals surface area (Å²) in [6, 6.07) is 15.2. The van der Waals surface area contributed by atoms with Crippen molar-refractivity contribution in [2.45, 2.75) is 24.3 Å². The van der Waals surface area contributed by atoms with Crippen LogP contribution in [0.3, 0.4) is 0 Å². The number of ketones is 1. The van der Waals surface area contributed by atoms with Crippen LogP contribution in [-0.2, 0) is 23.6 Å². The molecule has 1 saturated heterocycles. The summed E-state index contributed by atoms with van der Waals surface area (Å²) in [5.41, 5.74) is 5.77. The minimum atomic E-state index is -3.53. The third-order valence-corrected chi connectivity index (χ3v) is 7.97. The Balaban J connectivity index is 1.53. The number of nitrogens with zero attached hydrogens (tertiary/aromatic N) is 3. The van der Waals surface area contributed by atoms with Crippen LogP contribution >= 0.6 is 0 Å². The number of rotatable bonds is 8. The lowest BCUT2D eigenvalue weighted by atomic mass is 10.1. The Labute approximate surface area is 202 Å². The summed E-state index contributed by atoms with van der Waals surface area (Å²) in [5, 5.41) is 2.90. The van der Waals surface area contributed by atoms with Gasteiger partial charge in [0.05, 0.1) is 18.0 Å². The van der Waals surface area contributed by atoms with Gasteiger partial charge in [-0.05, 0) is 42.7 Å². The normalized spacial score (nSPS) is 14.2. The Kier molecular flexibility index (Phi) is 6.90. The number of benzene rings is 2. The number of nitrogen functional groups attached to an aromatic ring is 1. The standard InChI is InChI=1S/C24H27N5O5S/c1-27-23(31)21(22(25)29(24(27)32)16-17-7-3-2-4-8-17)20(30)15-26-18-9-11-19(12-10-18)35(33,34)28-13-5-6-14-28/h2-4,7-12,26H,5-6,13-16,25H2,1H3. The highest BCUT2D eigenvalue weighted by Crippen LogP contribution is 2.22. The van der Waals surface area contributed by atoms with E-state index in [1.165, 1.54) is 28.1 Å². The van der Waals surface area contributed by atoms with Crippen LogP contribution in [-0.4, -0.2) is 47.3 Å². The molecule has 0 spiro atoms. The molecule has 1 fully saturated rings. The number of carbonyl (C=O) groups is 1. The van der Waals surface area contributed by atoms with Gasteiger partial charge < -0.3 is 11.1 Å². The number of sulfonamides is 1. The largest absolute Gasteiger partial charge is 0.384 e. The molecule has 35 heavy (non-hydrogen) atoms. The first-order valence-corrected chi connectivity index (χ1v) is 12.6. The van der Waals surface area contributed by atoms with Gasteiger partial charge >= 0.3 is 5.69 Å². The first-order chi connectivity index (χ1) is 16.7.